The number of ketones is 1. The van der Waals surface area contributed by atoms with Gasteiger partial charge in [0.1, 0.15) is 5.75 Å². The number of methoxy groups -OCH3 is 2. The summed E-state index contributed by atoms with van der Waals surface area (Å²) in [6.07, 6.45) is 2.24. The summed E-state index contributed by atoms with van der Waals surface area (Å²) in [5.41, 5.74) is 2.68. The molecule has 1 aromatic heterocycles. The van der Waals surface area contributed by atoms with Crippen molar-refractivity contribution in [2.75, 3.05) is 27.4 Å². The van der Waals surface area contributed by atoms with Crippen LogP contribution in [0.4, 0.5) is 0 Å². The SMILES string of the molecule is COC(=O)c1cc(OCC(=O)c2cc(C)n(CC3CCCO3)c2C)cc(C(=O)OC)c1. The molecular weight excluding hydrogens is 402 g/mol. The van der Waals surface area contributed by atoms with Gasteiger partial charge in [0.25, 0.3) is 0 Å². The zero-order chi connectivity index (χ0) is 22.5. The molecule has 1 aliphatic rings. The Morgan fingerprint density at radius 1 is 1.03 bits per heavy atom. The highest BCUT2D eigenvalue weighted by molar-refractivity contribution is 5.99. The number of aromatic nitrogens is 1. The molecule has 166 valence electrons. The molecule has 0 spiro atoms. The molecule has 1 fully saturated rings. The molecule has 1 aromatic carbocycles. The second kappa shape index (κ2) is 9.78. The average Bonchev–Trinajstić information content (AvgIpc) is 3.39. The van der Waals surface area contributed by atoms with Crippen LogP contribution in [-0.2, 0) is 20.8 Å². The maximum atomic E-state index is 12.8. The van der Waals surface area contributed by atoms with Crippen molar-refractivity contribution < 1.29 is 33.3 Å². The van der Waals surface area contributed by atoms with Crippen molar-refractivity contribution in [3.05, 3.63) is 52.3 Å². The Morgan fingerprint density at radius 2 is 1.68 bits per heavy atom. The van der Waals surface area contributed by atoms with Crippen LogP contribution in [0.5, 0.6) is 5.75 Å². The second-order valence-electron chi connectivity index (χ2n) is 7.47. The predicted molar refractivity (Wildman–Crippen MR) is 112 cm³/mol. The van der Waals surface area contributed by atoms with Gasteiger partial charge in [0.15, 0.2) is 6.61 Å². The molecule has 1 saturated heterocycles. The lowest BCUT2D eigenvalue weighted by molar-refractivity contribution is 0.0598. The van der Waals surface area contributed by atoms with Crippen LogP contribution in [0.15, 0.2) is 24.3 Å². The molecule has 2 heterocycles. The lowest BCUT2D eigenvalue weighted by Gasteiger charge is -2.15. The first-order chi connectivity index (χ1) is 14.8. The lowest BCUT2D eigenvalue weighted by Crippen LogP contribution is -2.18. The van der Waals surface area contributed by atoms with Gasteiger partial charge in [-0.05, 0) is 51.0 Å². The zero-order valence-corrected chi connectivity index (χ0v) is 18.2. The Labute approximate surface area is 181 Å². The summed E-state index contributed by atoms with van der Waals surface area (Å²) < 4.78 is 22.9. The standard InChI is InChI=1S/C23H27NO7/c1-14-8-20(15(2)24(14)12-18-6-5-7-30-18)21(25)13-31-19-10-16(22(26)28-3)9-17(11-19)23(27)29-4/h8-11,18H,5-7,12-13H2,1-4H3. The van der Waals surface area contributed by atoms with Crippen LogP contribution in [0.1, 0.15) is 55.3 Å². The van der Waals surface area contributed by atoms with E-state index in [2.05, 4.69) is 4.57 Å². The Hall–Kier alpha value is -3.13. The molecule has 3 rings (SSSR count). The second-order valence-corrected chi connectivity index (χ2v) is 7.47. The minimum atomic E-state index is -0.625. The third kappa shape index (κ3) is 5.14. The molecule has 0 saturated carbocycles. The number of hydrogen-bond donors (Lipinski definition) is 0. The summed E-state index contributed by atoms with van der Waals surface area (Å²) in [4.78, 5) is 36.6. The quantitative estimate of drug-likeness (QED) is 0.470. The van der Waals surface area contributed by atoms with Crippen molar-refractivity contribution in [1.82, 2.24) is 4.57 Å². The van der Waals surface area contributed by atoms with Gasteiger partial charge in [-0.1, -0.05) is 0 Å². The van der Waals surface area contributed by atoms with Crippen molar-refractivity contribution >= 4 is 17.7 Å². The summed E-state index contributed by atoms with van der Waals surface area (Å²) in [5.74, 6) is -1.25. The molecule has 31 heavy (non-hydrogen) atoms. The van der Waals surface area contributed by atoms with Gasteiger partial charge in [-0.25, -0.2) is 9.59 Å². The van der Waals surface area contributed by atoms with Gasteiger partial charge in [-0.3, -0.25) is 4.79 Å². The number of benzene rings is 1. The topological polar surface area (TPSA) is 93.1 Å². The number of carbonyl (C=O) groups excluding carboxylic acids is 3. The highest BCUT2D eigenvalue weighted by Gasteiger charge is 2.22. The third-order valence-corrected chi connectivity index (χ3v) is 5.40. The summed E-state index contributed by atoms with van der Waals surface area (Å²) in [7, 11) is 2.48. The van der Waals surface area contributed by atoms with Crippen molar-refractivity contribution in [2.24, 2.45) is 0 Å². The number of Topliss-reactive ketones (excluding diaryl/α,β-unsaturated/α-hetero) is 1. The lowest BCUT2D eigenvalue weighted by atomic mass is 10.1. The highest BCUT2D eigenvalue weighted by atomic mass is 16.5. The van der Waals surface area contributed by atoms with Crippen molar-refractivity contribution in [3.8, 4) is 5.75 Å². The first-order valence-electron chi connectivity index (χ1n) is 10.1. The smallest absolute Gasteiger partial charge is 0.338 e. The zero-order valence-electron chi connectivity index (χ0n) is 18.2. The largest absolute Gasteiger partial charge is 0.485 e. The monoisotopic (exact) mass is 429 g/mol. The van der Waals surface area contributed by atoms with E-state index >= 15 is 0 Å². The van der Waals surface area contributed by atoms with E-state index in [9.17, 15) is 14.4 Å². The van der Waals surface area contributed by atoms with Gasteiger partial charge in [-0.2, -0.15) is 0 Å². The first-order valence-corrected chi connectivity index (χ1v) is 10.1. The number of hydrogen-bond acceptors (Lipinski definition) is 7. The van der Waals surface area contributed by atoms with Crippen molar-refractivity contribution in [2.45, 2.75) is 39.3 Å². The summed E-state index contributed by atoms with van der Waals surface area (Å²) >= 11 is 0. The normalized spacial score (nSPS) is 15.5. The predicted octanol–water partition coefficient (Wildman–Crippen LogP) is 3.12. The molecule has 0 aliphatic carbocycles. The van der Waals surface area contributed by atoms with Crippen molar-refractivity contribution in [1.29, 1.82) is 0 Å². The molecule has 0 amide bonds. The van der Waals surface area contributed by atoms with Crippen LogP contribution in [0.3, 0.4) is 0 Å². The van der Waals surface area contributed by atoms with Crippen molar-refractivity contribution in [3.63, 3.8) is 0 Å². The van der Waals surface area contributed by atoms with Gasteiger partial charge in [0.2, 0.25) is 5.78 Å². The highest BCUT2D eigenvalue weighted by Crippen LogP contribution is 2.22. The number of ether oxygens (including phenoxy) is 4. The fourth-order valence-corrected chi connectivity index (χ4v) is 3.74. The molecule has 8 nitrogen and oxygen atoms in total. The third-order valence-electron chi connectivity index (χ3n) is 5.40. The Balaban J connectivity index is 1.76. The number of carbonyl (C=O) groups is 3. The van der Waals surface area contributed by atoms with Crippen LogP contribution in [0.2, 0.25) is 0 Å². The van der Waals surface area contributed by atoms with E-state index in [4.69, 9.17) is 18.9 Å². The van der Waals surface area contributed by atoms with E-state index in [1.165, 1.54) is 32.4 Å². The average molecular weight is 429 g/mol. The molecule has 0 bridgehead atoms. The fourth-order valence-electron chi connectivity index (χ4n) is 3.74. The van der Waals surface area contributed by atoms with Gasteiger partial charge in [0, 0.05) is 30.1 Å². The molecule has 1 unspecified atom stereocenters. The first kappa shape index (κ1) is 22.6. The fraction of sp³-hybridized carbons (Fsp3) is 0.435. The Morgan fingerprint density at radius 3 is 2.23 bits per heavy atom. The number of aryl methyl sites for hydroxylation is 1. The van der Waals surface area contributed by atoms with Crippen LogP contribution < -0.4 is 4.74 Å². The minimum Gasteiger partial charge on any atom is -0.485 e. The molecule has 1 aliphatic heterocycles. The molecule has 0 N–H and O–H groups in total. The van der Waals surface area contributed by atoms with Crippen LogP contribution in [-0.4, -0.2) is 55.8 Å². The molecule has 0 radical (unpaired) electrons. The number of esters is 2. The molecular formula is C23H27NO7. The van der Waals surface area contributed by atoms with Gasteiger partial charge < -0.3 is 23.5 Å². The van der Waals surface area contributed by atoms with Crippen LogP contribution >= 0.6 is 0 Å². The van der Waals surface area contributed by atoms with E-state index in [0.29, 0.717) is 5.56 Å². The number of rotatable bonds is 8. The molecule has 1 atom stereocenters. The number of nitrogens with zero attached hydrogens (tertiary/aromatic N) is 1. The van der Waals surface area contributed by atoms with Crippen LogP contribution in [0, 0.1) is 13.8 Å². The van der Waals surface area contributed by atoms with Gasteiger partial charge >= 0.3 is 11.9 Å². The summed E-state index contributed by atoms with van der Waals surface area (Å²) in [5, 5.41) is 0. The minimum absolute atomic E-state index is 0.127. The van der Waals surface area contributed by atoms with E-state index in [1.807, 2.05) is 19.9 Å². The van der Waals surface area contributed by atoms with Gasteiger partial charge in [-0.15, -0.1) is 0 Å². The Bertz CT molecular complexity index is 952. The summed E-state index contributed by atoms with van der Waals surface area (Å²) in [6.45, 7) is 5.12. The maximum absolute atomic E-state index is 12.8. The van der Waals surface area contributed by atoms with E-state index < -0.39 is 11.9 Å². The van der Waals surface area contributed by atoms with Gasteiger partial charge in [0.05, 0.1) is 31.5 Å². The Kier molecular flexibility index (Phi) is 7.12. The van der Waals surface area contributed by atoms with E-state index in [-0.39, 0.29) is 35.4 Å². The molecule has 2 aromatic rings. The maximum Gasteiger partial charge on any atom is 0.338 e. The summed E-state index contributed by atoms with van der Waals surface area (Å²) in [6, 6.07) is 6.05. The van der Waals surface area contributed by atoms with E-state index in [1.54, 1.807) is 0 Å². The van der Waals surface area contributed by atoms with E-state index in [0.717, 1.165) is 37.4 Å². The van der Waals surface area contributed by atoms with Crippen LogP contribution in [0.25, 0.3) is 0 Å². The molecule has 8 heteroatoms.